The molecule has 4 heterocycles. The number of phosphoric acid groups is 1. The van der Waals surface area contributed by atoms with E-state index in [1.807, 2.05) is 24.3 Å². The summed E-state index contributed by atoms with van der Waals surface area (Å²) in [5.41, 5.74) is 8.22. The van der Waals surface area contributed by atoms with Crippen LogP contribution in [-0.4, -0.2) is 66.2 Å². The summed E-state index contributed by atoms with van der Waals surface area (Å²) < 4.78 is 29.1. The number of benzene rings is 1. The van der Waals surface area contributed by atoms with Crippen LogP contribution in [0.2, 0.25) is 0 Å². The summed E-state index contributed by atoms with van der Waals surface area (Å²) in [5.74, 6) is 0.147. The molecular weight excluding hydrogens is 490 g/mol. The maximum Gasteiger partial charge on any atom is 1.00 e. The molecule has 1 fully saturated rings. The molecule has 5 rings (SSSR count). The molecule has 35 heavy (non-hydrogen) atoms. The molecule has 0 amide bonds. The number of nitrogens with zero attached hydrogens (tertiary/aromatic N) is 4. The molecule has 5 atom stereocenters. The van der Waals surface area contributed by atoms with E-state index < -0.39 is 39.0 Å². The number of anilines is 1. The van der Waals surface area contributed by atoms with Gasteiger partial charge in [0, 0.05) is 17.1 Å². The summed E-state index contributed by atoms with van der Waals surface area (Å²) in [6, 6.07) is 7.65. The first-order valence-electron chi connectivity index (χ1n) is 10.4. The van der Waals surface area contributed by atoms with Crippen molar-refractivity contribution in [3.05, 3.63) is 48.7 Å². The van der Waals surface area contributed by atoms with Gasteiger partial charge in [-0.1, -0.05) is 18.2 Å². The fraction of sp³-hybridized carbons (Fsp3) is 0.350. The first-order valence-corrected chi connectivity index (χ1v) is 11.9. The molecule has 1 aliphatic rings. The number of imidazole rings is 1. The summed E-state index contributed by atoms with van der Waals surface area (Å²) in [7, 11) is -4.68. The molecule has 1 saturated heterocycles. The minimum atomic E-state index is -4.68. The molecule has 0 aliphatic carbocycles. The zero-order chi connectivity index (χ0) is 23.9. The third kappa shape index (κ3) is 5.30. The van der Waals surface area contributed by atoms with Crippen molar-refractivity contribution in [2.45, 2.75) is 31.0 Å². The molecule has 15 heteroatoms. The van der Waals surface area contributed by atoms with Crippen molar-refractivity contribution in [2.75, 3.05) is 18.9 Å². The van der Waals surface area contributed by atoms with Gasteiger partial charge in [-0.2, -0.15) is 0 Å². The number of aromatic amines is 1. The molecule has 180 valence electrons. The van der Waals surface area contributed by atoms with Gasteiger partial charge in [0.05, 0.1) is 19.5 Å². The molecular formula is C20H22N6NaO7P. The quantitative estimate of drug-likeness (QED) is 0.141. The predicted octanol–water partition coefficient (Wildman–Crippen LogP) is -2.74. The van der Waals surface area contributed by atoms with Crippen LogP contribution in [0.1, 0.15) is 11.8 Å². The Kier molecular flexibility index (Phi) is 7.93. The van der Waals surface area contributed by atoms with Crippen LogP contribution >= 0.6 is 7.82 Å². The van der Waals surface area contributed by atoms with E-state index in [0.717, 1.165) is 16.5 Å². The van der Waals surface area contributed by atoms with E-state index in [9.17, 15) is 19.7 Å². The minimum Gasteiger partial charge on any atom is -0.756 e. The molecule has 4 aromatic rings. The smallest absolute Gasteiger partial charge is 0.756 e. The second kappa shape index (κ2) is 10.6. The van der Waals surface area contributed by atoms with Crippen molar-refractivity contribution in [3.8, 4) is 0 Å². The van der Waals surface area contributed by atoms with Gasteiger partial charge in [-0.25, -0.2) is 15.0 Å². The molecule has 0 bridgehead atoms. The number of para-hydroxylation sites is 1. The van der Waals surface area contributed by atoms with Gasteiger partial charge in [-0.3, -0.25) is 9.13 Å². The van der Waals surface area contributed by atoms with Crippen molar-refractivity contribution >= 4 is 35.7 Å². The summed E-state index contributed by atoms with van der Waals surface area (Å²) in [4.78, 5) is 27.4. The predicted molar refractivity (Wildman–Crippen MR) is 117 cm³/mol. The topological polar surface area (TPSA) is 194 Å². The number of hydrogen-bond donors (Lipinski definition) is 4. The van der Waals surface area contributed by atoms with Crippen molar-refractivity contribution in [3.63, 3.8) is 0 Å². The molecule has 5 N–H and O–H groups in total. The Morgan fingerprint density at radius 3 is 2.83 bits per heavy atom. The van der Waals surface area contributed by atoms with E-state index in [2.05, 4.69) is 19.9 Å². The Hall–Kier alpha value is -1.90. The number of aliphatic hydroxyl groups excluding tert-OH is 2. The number of rotatable bonds is 8. The van der Waals surface area contributed by atoms with Crippen LogP contribution in [0.25, 0.3) is 22.1 Å². The van der Waals surface area contributed by atoms with E-state index in [4.69, 9.17) is 19.5 Å². The van der Waals surface area contributed by atoms with Crippen molar-refractivity contribution in [1.82, 2.24) is 24.5 Å². The number of nitrogens with one attached hydrogen (secondary N) is 1. The molecule has 0 radical (unpaired) electrons. The Morgan fingerprint density at radius 2 is 2.00 bits per heavy atom. The third-order valence-electron chi connectivity index (χ3n) is 5.69. The average Bonchev–Trinajstić information content (AvgIpc) is 3.50. The number of ether oxygens (including phenoxy) is 1. The van der Waals surface area contributed by atoms with Gasteiger partial charge in [0.25, 0.3) is 7.82 Å². The fourth-order valence-electron chi connectivity index (χ4n) is 3.96. The van der Waals surface area contributed by atoms with Crippen LogP contribution in [0.15, 0.2) is 43.1 Å². The summed E-state index contributed by atoms with van der Waals surface area (Å²) in [6.07, 6.45) is -0.326. The number of phosphoric ester groups is 1. The van der Waals surface area contributed by atoms with Crippen LogP contribution in [0.5, 0.6) is 0 Å². The Morgan fingerprint density at radius 1 is 1.20 bits per heavy atom. The van der Waals surface area contributed by atoms with Gasteiger partial charge >= 0.3 is 29.6 Å². The van der Waals surface area contributed by atoms with Gasteiger partial charge in [-0.15, -0.1) is 0 Å². The Labute approximate surface area is 221 Å². The number of hydrogen-bond acceptors (Lipinski definition) is 11. The number of nitrogens with two attached hydrogens (primary N) is 1. The van der Waals surface area contributed by atoms with E-state index in [-0.39, 0.29) is 42.0 Å². The molecule has 0 spiro atoms. The Balaban J connectivity index is 0.00000289. The first kappa shape index (κ1) is 26.2. The van der Waals surface area contributed by atoms with Gasteiger partial charge in [-0.05, 0) is 18.1 Å². The van der Waals surface area contributed by atoms with Gasteiger partial charge < -0.3 is 39.6 Å². The molecule has 1 unspecified atom stereocenters. The van der Waals surface area contributed by atoms with Crippen LogP contribution in [0.4, 0.5) is 5.82 Å². The molecule has 3 aromatic heterocycles. The second-order valence-corrected chi connectivity index (χ2v) is 9.23. The summed E-state index contributed by atoms with van der Waals surface area (Å²) in [5, 5.41) is 21.8. The van der Waals surface area contributed by atoms with E-state index in [0.29, 0.717) is 17.6 Å². The van der Waals surface area contributed by atoms with Crippen LogP contribution < -0.4 is 40.2 Å². The second-order valence-electron chi connectivity index (χ2n) is 7.81. The maximum atomic E-state index is 12.2. The number of H-pyrrole nitrogens is 1. The van der Waals surface area contributed by atoms with Crippen LogP contribution in [-0.2, 0) is 24.8 Å². The first-order chi connectivity index (χ1) is 16.3. The fourth-order valence-corrected chi connectivity index (χ4v) is 4.68. The average molecular weight is 512 g/mol. The van der Waals surface area contributed by atoms with E-state index >= 15 is 0 Å². The monoisotopic (exact) mass is 512 g/mol. The summed E-state index contributed by atoms with van der Waals surface area (Å²) in [6.45, 7) is -0.670. The standard InChI is InChI=1S/C20H23N6O7P.Na/c21-18-15-19(24-9-23-18)26(10-25-15)20-17(28)16(27)14(33-20)8-32-34(29,30)31-6-5-11-7-22-13-4-2-1-3-12(11)13;/h1-4,7,9-10,14,16-17,20,22,27-28H,5-6,8H2,(H,29,30)(H2,21,23,24);/q;+1/p-1/t14-,16-,17-,20-;/m1./s1. The summed E-state index contributed by atoms with van der Waals surface area (Å²) >= 11 is 0. The third-order valence-corrected chi connectivity index (χ3v) is 6.66. The zero-order valence-electron chi connectivity index (χ0n) is 18.7. The van der Waals surface area contributed by atoms with Gasteiger partial charge in [0.1, 0.15) is 30.2 Å². The van der Waals surface area contributed by atoms with Gasteiger partial charge in [0.15, 0.2) is 17.7 Å². The Bertz CT molecular complexity index is 1370. The molecule has 1 aliphatic heterocycles. The van der Waals surface area contributed by atoms with Crippen molar-refractivity contribution < 1.29 is 63.0 Å². The van der Waals surface area contributed by atoms with Crippen LogP contribution in [0, 0.1) is 0 Å². The normalized spacial score (nSPS) is 24.0. The number of aromatic nitrogens is 5. The van der Waals surface area contributed by atoms with Crippen molar-refractivity contribution in [2.24, 2.45) is 0 Å². The molecule has 13 nitrogen and oxygen atoms in total. The van der Waals surface area contributed by atoms with Crippen molar-refractivity contribution in [1.29, 1.82) is 0 Å². The maximum absolute atomic E-state index is 12.2. The van der Waals surface area contributed by atoms with Crippen LogP contribution in [0.3, 0.4) is 0 Å². The minimum absolute atomic E-state index is 0. The van der Waals surface area contributed by atoms with Gasteiger partial charge in [0.2, 0.25) is 0 Å². The number of fused-ring (bicyclic) bond motifs is 2. The SMILES string of the molecule is Nc1ncnc2c1ncn2[C@@H]1O[C@H](COP(=O)([O-])OCCc2c[nH]c3ccccc23)[C@@H](O)[C@H]1O.[Na+]. The molecule has 1 aromatic carbocycles. The zero-order valence-corrected chi connectivity index (χ0v) is 21.6. The number of aliphatic hydroxyl groups is 2. The van der Waals surface area contributed by atoms with E-state index in [1.54, 1.807) is 6.20 Å². The number of nitrogen functional groups attached to an aromatic ring is 1. The van der Waals surface area contributed by atoms with E-state index in [1.165, 1.54) is 17.2 Å². The largest absolute Gasteiger partial charge is 1.00 e. The molecule has 0 saturated carbocycles.